The van der Waals surface area contributed by atoms with Gasteiger partial charge in [0.1, 0.15) is 22.9 Å². The summed E-state index contributed by atoms with van der Waals surface area (Å²) in [6, 6.07) is 14.4. The smallest absolute Gasteiger partial charge is 0.416 e. The van der Waals surface area contributed by atoms with Gasteiger partial charge in [0.15, 0.2) is 0 Å². The number of aromatic carboxylic acids is 1. The van der Waals surface area contributed by atoms with Crippen LogP contribution in [0.1, 0.15) is 50.7 Å². The van der Waals surface area contributed by atoms with Crippen molar-refractivity contribution in [1.29, 1.82) is 0 Å². The molecule has 3 N–H and O–H groups in total. The van der Waals surface area contributed by atoms with E-state index in [-0.39, 0.29) is 29.0 Å². The van der Waals surface area contributed by atoms with E-state index in [1.807, 2.05) is 13.8 Å². The summed E-state index contributed by atoms with van der Waals surface area (Å²) in [6.45, 7) is 8.88. The Balaban J connectivity index is 1.94. The Hall–Kier alpha value is -4.47. The Labute approximate surface area is 228 Å². The molecule has 4 aromatic rings. The first-order valence-corrected chi connectivity index (χ1v) is 12.5. The molecule has 0 radical (unpaired) electrons. The minimum Gasteiger partial charge on any atom is -0.491 e. The second-order valence-electron chi connectivity index (χ2n) is 10.6. The molecule has 0 aliphatic heterocycles. The maximum absolute atomic E-state index is 13.1. The molecule has 3 aromatic carbocycles. The van der Waals surface area contributed by atoms with E-state index < -0.39 is 29.0 Å². The lowest BCUT2D eigenvalue weighted by molar-refractivity contribution is -0.137. The molecular weight excluding hydrogens is 525 g/mol. The van der Waals surface area contributed by atoms with Crippen molar-refractivity contribution < 1.29 is 37.3 Å². The van der Waals surface area contributed by atoms with Gasteiger partial charge in [0.2, 0.25) is 5.91 Å². The van der Waals surface area contributed by atoms with Crippen LogP contribution in [0.2, 0.25) is 0 Å². The number of aromatic amines is 1. The average molecular weight is 555 g/mol. The first kappa shape index (κ1) is 28.5. The molecule has 40 heavy (non-hydrogen) atoms. The van der Waals surface area contributed by atoms with Crippen molar-refractivity contribution >= 4 is 28.5 Å². The van der Waals surface area contributed by atoms with E-state index in [0.717, 1.165) is 12.1 Å². The van der Waals surface area contributed by atoms with Crippen LogP contribution in [0.5, 0.6) is 17.2 Å². The molecule has 0 fully saturated rings. The summed E-state index contributed by atoms with van der Waals surface area (Å²) in [6.07, 6.45) is -4.56. The Morgan fingerprint density at radius 2 is 1.50 bits per heavy atom. The number of amides is 1. The summed E-state index contributed by atoms with van der Waals surface area (Å²) in [7, 11) is 0. The number of halogens is 3. The Bertz CT molecular complexity index is 1550. The van der Waals surface area contributed by atoms with E-state index >= 15 is 0 Å². The predicted octanol–water partition coefficient (Wildman–Crippen LogP) is 8.12. The molecule has 0 unspecified atom stereocenters. The van der Waals surface area contributed by atoms with Crippen molar-refractivity contribution in [3.63, 3.8) is 0 Å². The Kier molecular flexibility index (Phi) is 7.56. The van der Waals surface area contributed by atoms with Gasteiger partial charge in [0, 0.05) is 21.9 Å². The number of aromatic nitrogens is 1. The first-order chi connectivity index (χ1) is 18.6. The average Bonchev–Trinajstić information content (AvgIpc) is 3.22. The number of fused-ring (bicyclic) bond motifs is 1. The van der Waals surface area contributed by atoms with Crippen LogP contribution < -0.4 is 14.8 Å². The van der Waals surface area contributed by atoms with Gasteiger partial charge in [0.05, 0.1) is 17.4 Å². The first-order valence-electron chi connectivity index (χ1n) is 12.5. The maximum atomic E-state index is 13.1. The fourth-order valence-electron chi connectivity index (χ4n) is 4.04. The van der Waals surface area contributed by atoms with Crippen molar-refractivity contribution in [3.05, 3.63) is 71.9 Å². The van der Waals surface area contributed by atoms with Crippen LogP contribution in [0.25, 0.3) is 22.0 Å². The second-order valence-corrected chi connectivity index (χ2v) is 10.6. The maximum Gasteiger partial charge on any atom is 0.416 e. The molecule has 7 nitrogen and oxygen atoms in total. The van der Waals surface area contributed by atoms with Gasteiger partial charge in [-0.2, -0.15) is 13.2 Å². The highest BCUT2D eigenvalue weighted by Gasteiger charge is 2.31. The van der Waals surface area contributed by atoms with Gasteiger partial charge >= 0.3 is 12.1 Å². The van der Waals surface area contributed by atoms with E-state index in [9.17, 15) is 27.9 Å². The summed E-state index contributed by atoms with van der Waals surface area (Å²) in [5.41, 5.74) is -0.367. The van der Waals surface area contributed by atoms with Crippen molar-refractivity contribution in [3.8, 4) is 28.4 Å². The highest BCUT2D eigenvalue weighted by Crippen LogP contribution is 2.45. The normalized spacial score (nSPS) is 12.0. The fourth-order valence-corrected chi connectivity index (χ4v) is 4.04. The molecule has 0 aliphatic rings. The highest BCUT2D eigenvalue weighted by atomic mass is 19.4. The zero-order chi connectivity index (χ0) is 29.4. The van der Waals surface area contributed by atoms with E-state index in [4.69, 9.17) is 9.47 Å². The predicted molar refractivity (Wildman–Crippen MR) is 146 cm³/mol. The lowest BCUT2D eigenvalue weighted by Gasteiger charge is -2.19. The number of carbonyl (C=O) groups is 2. The van der Waals surface area contributed by atoms with Crippen LogP contribution in [-0.2, 0) is 11.0 Å². The molecule has 0 atom stereocenters. The van der Waals surface area contributed by atoms with Crippen LogP contribution in [0.3, 0.4) is 0 Å². The molecular formula is C30H29F3N2O5. The quantitative estimate of drug-likeness (QED) is 0.214. The number of carboxylic acid groups (broad SMARTS) is 1. The van der Waals surface area contributed by atoms with Gasteiger partial charge < -0.3 is 24.9 Å². The summed E-state index contributed by atoms with van der Waals surface area (Å²) < 4.78 is 51.0. The lowest BCUT2D eigenvalue weighted by atomic mass is 9.94. The van der Waals surface area contributed by atoms with Gasteiger partial charge in [-0.05, 0) is 67.9 Å². The van der Waals surface area contributed by atoms with Gasteiger partial charge in [-0.1, -0.05) is 32.9 Å². The molecule has 0 saturated carbocycles. The summed E-state index contributed by atoms with van der Waals surface area (Å²) in [5.74, 6) is -0.693. The highest BCUT2D eigenvalue weighted by molar-refractivity contribution is 6.16. The third kappa shape index (κ3) is 6.06. The van der Waals surface area contributed by atoms with Crippen LogP contribution >= 0.6 is 0 Å². The summed E-state index contributed by atoms with van der Waals surface area (Å²) in [4.78, 5) is 28.0. The number of rotatable bonds is 7. The van der Waals surface area contributed by atoms with Crippen molar-refractivity contribution in [2.45, 2.75) is 46.9 Å². The summed E-state index contributed by atoms with van der Waals surface area (Å²) in [5, 5.41) is 13.1. The molecule has 0 saturated heterocycles. The number of H-pyrrole nitrogens is 1. The topological polar surface area (TPSA) is 101 Å². The van der Waals surface area contributed by atoms with E-state index in [1.54, 1.807) is 57.2 Å². The number of nitrogens with one attached hydrogen (secondary N) is 2. The largest absolute Gasteiger partial charge is 0.491 e. The minimum absolute atomic E-state index is 0.0535. The molecule has 0 bridgehead atoms. The molecule has 4 rings (SSSR count). The molecule has 1 amide bonds. The number of hydrogen-bond donors (Lipinski definition) is 3. The third-order valence-electron chi connectivity index (χ3n) is 5.98. The minimum atomic E-state index is -4.50. The number of carbonyl (C=O) groups excluding carboxylic acids is 1. The van der Waals surface area contributed by atoms with Crippen LogP contribution in [0.15, 0.2) is 60.7 Å². The number of benzene rings is 3. The molecule has 0 spiro atoms. The lowest BCUT2D eigenvalue weighted by Crippen LogP contribution is -2.28. The van der Waals surface area contributed by atoms with Crippen LogP contribution in [0.4, 0.5) is 18.9 Å². The van der Waals surface area contributed by atoms with E-state index in [1.165, 1.54) is 12.1 Å². The zero-order valence-corrected chi connectivity index (χ0v) is 22.6. The summed E-state index contributed by atoms with van der Waals surface area (Å²) >= 11 is 0. The number of ether oxygens (including phenoxy) is 2. The molecule has 1 aromatic heterocycles. The SMILES string of the molecule is CC(C)Oc1ccc(-c2c(Oc3ccc(C(F)(F)F)cc3)ccc3[nH]c(C(=O)O)c(NC(=O)C(C)(C)C)c23)cc1. The van der Waals surface area contributed by atoms with Gasteiger partial charge in [-0.15, -0.1) is 0 Å². The third-order valence-corrected chi connectivity index (χ3v) is 5.98. The molecule has 210 valence electrons. The van der Waals surface area contributed by atoms with Gasteiger partial charge in [-0.25, -0.2) is 4.79 Å². The zero-order valence-electron chi connectivity index (χ0n) is 22.6. The number of anilines is 1. The fraction of sp³-hybridized carbons (Fsp3) is 0.267. The van der Waals surface area contributed by atoms with Crippen LogP contribution in [0, 0.1) is 5.41 Å². The number of alkyl halides is 3. The van der Waals surface area contributed by atoms with E-state index in [2.05, 4.69) is 10.3 Å². The van der Waals surface area contributed by atoms with Crippen molar-refractivity contribution in [1.82, 2.24) is 4.98 Å². The van der Waals surface area contributed by atoms with Gasteiger partial charge in [0.25, 0.3) is 0 Å². The van der Waals surface area contributed by atoms with Crippen molar-refractivity contribution in [2.24, 2.45) is 5.41 Å². The van der Waals surface area contributed by atoms with E-state index in [0.29, 0.717) is 27.8 Å². The Morgan fingerprint density at radius 3 is 2.02 bits per heavy atom. The number of hydrogen-bond acceptors (Lipinski definition) is 4. The van der Waals surface area contributed by atoms with Gasteiger partial charge in [-0.3, -0.25) is 4.79 Å². The van der Waals surface area contributed by atoms with Crippen LogP contribution in [-0.4, -0.2) is 28.1 Å². The molecule has 1 heterocycles. The molecule has 0 aliphatic carbocycles. The Morgan fingerprint density at radius 1 is 0.900 bits per heavy atom. The second kappa shape index (κ2) is 10.6. The monoisotopic (exact) mass is 554 g/mol. The number of carboxylic acids is 1. The van der Waals surface area contributed by atoms with Crippen molar-refractivity contribution in [2.75, 3.05) is 5.32 Å². The standard InChI is InChI=1S/C30H29F3N2O5/c1-16(2)39-19-10-6-17(7-11-19)23-22(40-20-12-8-18(9-13-20)30(31,32)33)15-14-21-24(23)25(26(34-21)27(36)37)35-28(38)29(3,4)5/h6-16,34H,1-5H3,(H,35,38)(H,36,37). The molecule has 10 heteroatoms.